The van der Waals surface area contributed by atoms with E-state index in [2.05, 4.69) is 39.5 Å². The normalized spacial score (nSPS) is 13.1. The van der Waals surface area contributed by atoms with Crippen molar-refractivity contribution in [2.75, 3.05) is 0 Å². The van der Waals surface area contributed by atoms with E-state index in [1.807, 2.05) is 12.4 Å². The molecule has 2 nitrogen and oxygen atoms in total. The van der Waals surface area contributed by atoms with Crippen molar-refractivity contribution in [2.45, 2.75) is 10.8 Å². The predicted octanol–water partition coefficient (Wildman–Crippen LogP) is 1.97. The fourth-order valence-electron chi connectivity index (χ4n) is 0.516. The molecule has 0 aliphatic rings. The van der Waals surface area contributed by atoms with Gasteiger partial charge in [0, 0.05) is 21.9 Å². The molecule has 0 unspecified atom stereocenters. The molecule has 0 saturated heterocycles. The third-order valence-corrected chi connectivity index (χ3v) is 1.76. The number of hydrogen-bond acceptors (Lipinski definition) is 2. The van der Waals surface area contributed by atoms with Gasteiger partial charge in [0.15, 0.2) is 0 Å². The van der Waals surface area contributed by atoms with Crippen molar-refractivity contribution < 1.29 is 0 Å². The van der Waals surface area contributed by atoms with Gasteiger partial charge in [0.25, 0.3) is 0 Å². The van der Waals surface area contributed by atoms with Crippen LogP contribution >= 0.6 is 22.6 Å². The molecule has 0 radical (unpaired) electrons. The molecule has 0 aromatic carbocycles. The summed E-state index contributed by atoms with van der Waals surface area (Å²) < 4.78 is 0.504. The minimum Gasteiger partial charge on any atom is -0.245 e. The first-order valence-corrected chi connectivity index (χ1v) is 3.94. The van der Waals surface area contributed by atoms with E-state index in [9.17, 15) is 0 Å². The molecule has 0 spiro atoms. The highest BCUT2D eigenvalue weighted by Gasteiger charge is 1.97. The molecular formula is C6H7IN2. The molecule has 0 fully saturated rings. The molecule has 3 heteroatoms. The van der Waals surface area contributed by atoms with Gasteiger partial charge in [-0.25, -0.2) is 9.97 Å². The van der Waals surface area contributed by atoms with Gasteiger partial charge in [0.05, 0.1) is 0 Å². The lowest BCUT2D eigenvalue weighted by atomic mass is 10.3. The Balaban J connectivity index is 2.85. The first-order valence-electron chi connectivity index (χ1n) is 2.69. The summed E-state index contributed by atoms with van der Waals surface area (Å²) in [5.41, 5.74) is 1.18. The first kappa shape index (κ1) is 6.92. The molecular weight excluding hydrogens is 227 g/mol. The average molecular weight is 234 g/mol. The van der Waals surface area contributed by atoms with Crippen LogP contribution in [0.2, 0.25) is 0 Å². The molecule has 0 saturated carbocycles. The molecule has 1 atom stereocenters. The van der Waals surface area contributed by atoms with Crippen LogP contribution in [0.3, 0.4) is 0 Å². The zero-order chi connectivity index (χ0) is 6.69. The maximum atomic E-state index is 3.89. The topological polar surface area (TPSA) is 25.8 Å². The summed E-state index contributed by atoms with van der Waals surface area (Å²) in [5, 5.41) is 0. The van der Waals surface area contributed by atoms with Gasteiger partial charge < -0.3 is 0 Å². The van der Waals surface area contributed by atoms with Gasteiger partial charge in [-0.3, -0.25) is 0 Å². The van der Waals surface area contributed by atoms with E-state index in [0.717, 1.165) is 0 Å². The molecule has 1 aromatic heterocycles. The second kappa shape index (κ2) is 3.10. The van der Waals surface area contributed by atoms with Gasteiger partial charge in [-0.2, -0.15) is 0 Å². The van der Waals surface area contributed by atoms with Crippen molar-refractivity contribution in [3.05, 3.63) is 24.3 Å². The molecule has 9 heavy (non-hydrogen) atoms. The predicted molar refractivity (Wildman–Crippen MR) is 44.5 cm³/mol. The lowest BCUT2D eigenvalue weighted by molar-refractivity contribution is 1.05. The zero-order valence-electron chi connectivity index (χ0n) is 5.08. The maximum Gasteiger partial charge on any atom is 0.115 e. The van der Waals surface area contributed by atoms with E-state index in [1.165, 1.54) is 5.56 Å². The summed E-state index contributed by atoms with van der Waals surface area (Å²) >= 11 is 2.33. The van der Waals surface area contributed by atoms with E-state index in [1.54, 1.807) is 6.33 Å². The van der Waals surface area contributed by atoms with E-state index in [0.29, 0.717) is 3.92 Å². The van der Waals surface area contributed by atoms with Crippen LogP contribution in [0.25, 0.3) is 0 Å². The average Bonchev–Trinajstić information content (AvgIpc) is 1.90. The standard InChI is InChI=1S/C6H7IN2/c1-5(7)6-2-8-4-9-3-6/h2-5H,1H3/t5-/m1/s1. The molecule has 1 aromatic rings. The van der Waals surface area contributed by atoms with Crippen molar-refractivity contribution in [1.82, 2.24) is 9.97 Å². The van der Waals surface area contributed by atoms with Crippen LogP contribution in [0.5, 0.6) is 0 Å². The summed E-state index contributed by atoms with van der Waals surface area (Å²) in [6.45, 7) is 2.11. The van der Waals surface area contributed by atoms with Crippen LogP contribution in [-0.4, -0.2) is 9.97 Å². The number of hydrogen-bond donors (Lipinski definition) is 0. The summed E-state index contributed by atoms with van der Waals surface area (Å²) in [5.74, 6) is 0. The Hall–Kier alpha value is -0.190. The molecule has 0 amide bonds. The molecule has 0 N–H and O–H groups in total. The number of nitrogens with zero attached hydrogens (tertiary/aromatic N) is 2. The van der Waals surface area contributed by atoms with Crippen molar-refractivity contribution >= 4 is 22.6 Å². The molecule has 1 heterocycles. The second-order valence-corrected chi connectivity index (χ2v) is 3.66. The van der Waals surface area contributed by atoms with Gasteiger partial charge in [0.1, 0.15) is 6.33 Å². The SMILES string of the molecule is C[C@@H](I)c1cncnc1. The minimum absolute atomic E-state index is 0.504. The van der Waals surface area contributed by atoms with E-state index in [-0.39, 0.29) is 0 Å². The maximum absolute atomic E-state index is 3.89. The highest BCUT2D eigenvalue weighted by molar-refractivity contribution is 14.1. The van der Waals surface area contributed by atoms with Gasteiger partial charge >= 0.3 is 0 Å². The Morgan fingerprint density at radius 3 is 2.33 bits per heavy atom. The van der Waals surface area contributed by atoms with Crippen LogP contribution in [0, 0.1) is 0 Å². The third kappa shape index (κ3) is 1.89. The van der Waals surface area contributed by atoms with Crippen molar-refractivity contribution in [2.24, 2.45) is 0 Å². The minimum atomic E-state index is 0.504. The monoisotopic (exact) mass is 234 g/mol. The van der Waals surface area contributed by atoms with Crippen molar-refractivity contribution in [3.8, 4) is 0 Å². The lowest BCUT2D eigenvalue weighted by Gasteiger charge is -1.98. The Morgan fingerprint density at radius 2 is 2.00 bits per heavy atom. The molecule has 1 rings (SSSR count). The Kier molecular flexibility index (Phi) is 2.38. The van der Waals surface area contributed by atoms with Crippen LogP contribution < -0.4 is 0 Å². The Bertz CT molecular complexity index is 174. The van der Waals surface area contributed by atoms with Crippen LogP contribution in [0.15, 0.2) is 18.7 Å². The third-order valence-electron chi connectivity index (χ3n) is 1.04. The highest BCUT2D eigenvalue weighted by Crippen LogP contribution is 2.19. The molecule has 0 aliphatic carbocycles. The quantitative estimate of drug-likeness (QED) is 0.548. The number of alkyl halides is 1. The summed E-state index contributed by atoms with van der Waals surface area (Å²) in [6.07, 6.45) is 5.22. The van der Waals surface area contributed by atoms with E-state index >= 15 is 0 Å². The molecule has 0 bridgehead atoms. The Labute approximate surface area is 67.9 Å². The zero-order valence-corrected chi connectivity index (χ0v) is 7.24. The molecule has 0 aliphatic heterocycles. The second-order valence-electron chi connectivity index (χ2n) is 1.79. The molecule has 48 valence electrons. The summed E-state index contributed by atoms with van der Waals surface area (Å²) in [7, 11) is 0. The van der Waals surface area contributed by atoms with Gasteiger partial charge in [-0.05, 0) is 6.92 Å². The fourth-order valence-corrected chi connectivity index (χ4v) is 0.838. The van der Waals surface area contributed by atoms with E-state index in [4.69, 9.17) is 0 Å². The van der Waals surface area contributed by atoms with Crippen LogP contribution in [0.1, 0.15) is 16.4 Å². The van der Waals surface area contributed by atoms with Crippen molar-refractivity contribution in [3.63, 3.8) is 0 Å². The largest absolute Gasteiger partial charge is 0.245 e. The van der Waals surface area contributed by atoms with Crippen LogP contribution in [-0.2, 0) is 0 Å². The highest BCUT2D eigenvalue weighted by atomic mass is 127. The first-order chi connectivity index (χ1) is 4.30. The van der Waals surface area contributed by atoms with Crippen molar-refractivity contribution in [1.29, 1.82) is 0 Å². The smallest absolute Gasteiger partial charge is 0.115 e. The van der Waals surface area contributed by atoms with E-state index < -0.39 is 0 Å². The lowest BCUT2D eigenvalue weighted by Crippen LogP contribution is -1.85. The van der Waals surface area contributed by atoms with Gasteiger partial charge in [-0.1, -0.05) is 22.6 Å². The number of aromatic nitrogens is 2. The summed E-state index contributed by atoms with van der Waals surface area (Å²) in [4.78, 5) is 7.78. The summed E-state index contributed by atoms with van der Waals surface area (Å²) in [6, 6.07) is 0. The van der Waals surface area contributed by atoms with Gasteiger partial charge in [0.2, 0.25) is 0 Å². The van der Waals surface area contributed by atoms with Gasteiger partial charge in [-0.15, -0.1) is 0 Å². The van der Waals surface area contributed by atoms with Crippen LogP contribution in [0.4, 0.5) is 0 Å². The number of rotatable bonds is 1. The Morgan fingerprint density at radius 1 is 1.44 bits per heavy atom. The fraction of sp³-hybridized carbons (Fsp3) is 0.333. The number of halogens is 1.